The molecule has 0 spiro atoms. The molecule has 1 aliphatic rings. The van der Waals surface area contributed by atoms with Crippen molar-refractivity contribution >= 4 is 5.78 Å². The molecule has 0 aromatic heterocycles. The Morgan fingerprint density at radius 1 is 1.30 bits per heavy atom. The highest BCUT2D eigenvalue weighted by Gasteiger charge is 2.33. The molecule has 0 saturated carbocycles. The van der Waals surface area contributed by atoms with Crippen LogP contribution in [0.3, 0.4) is 0 Å². The van der Waals surface area contributed by atoms with Crippen molar-refractivity contribution < 1.29 is 14.6 Å². The SMILES string of the molecule is CCC1=C(OCC(C)C)CC(Cc2cccc(CCO)c2)C1=O. The minimum atomic E-state index is -0.00325. The Balaban J connectivity index is 2.05. The standard InChI is InChI=1S/C20H28O3/c1-4-18-19(23-13-14(2)3)12-17(20(18)22)11-16-7-5-6-15(10-16)8-9-21/h5-7,10,14,17,21H,4,8-9,11-13H2,1-3H3. The maximum atomic E-state index is 12.6. The predicted molar refractivity (Wildman–Crippen MR) is 92.2 cm³/mol. The number of aliphatic hydroxyl groups is 1. The monoisotopic (exact) mass is 316 g/mol. The minimum absolute atomic E-state index is 0.00325. The van der Waals surface area contributed by atoms with Crippen LogP contribution in [0.5, 0.6) is 0 Å². The lowest BCUT2D eigenvalue weighted by molar-refractivity contribution is -0.118. The van der Waals surface area contributed by atoms with Crippen molar-refractivity contribution in [1.82, 2.24) is 0 Å². The van der Waals surface area contributed by atoms with Crippen molar-refractivity contribution in [2.24, 2.45) is 11.8 Å². The van der Waals surface area contributed by atoms with Gasteiger partial charge in [-0.2, -0.15) is 0 Å². The first kappa shape index (κ1) is 17.7. The van der Waals surface area contributed by atoms with Crippen LogP contribution in [0.25, 0.3) is 0 Å². The second kappa shape index (κ2) is 8.30. The van der Waals surface area contributed by atoms with Gasteiger partial charge in [-0.05, 0) is 36.3 Å². The van der Waals surface area contributed by atoms with Crippen LogP contribution in [0.2, 0.25) is 0 Å². The first-order valence-electron chi connectivity index (χ1n) is 8.62. The molecule has 0 aliphatic heterocycles. The summed E-state index contributed by atoms with van der Waals surface area (Å²) in [6, 6.07) is 8.18. The number of ketones is 1. The van der Waals surface area contributed by atoms with E-state index in [2.05, 4.69) is 26.0 Å². The number of rotatable bonds is 8. The summed E-state index contributed by atoms with van der Waals surface area (Å²) in [5.41, 5.74) is 3.16. The molecule has 0 radical (unpaired) electrons. The Bertz CT molecular complexity index is 572. The van der Waals surface area contributed by atoms with E-state index in [9.17, 15) is 4.79 Å². The van der Waals surface area contributed by atoms with E-state index in [0.717, 1.165) is 41.7 Å². The van der Waals surface area contributed by atoms with E-state index >= 15 is 0 Å². The van der Waals surface area contributed by atoms with Gasteiger partial charge >= 0.3 is 0 Å². The molecule has 126 valence electrons. The molecule has 1 aromatic carbocycles. The lowest BCUT2D eigenvalue weighted by Gasteiger charge is -2.12. The van der Waals surface area contributed by atoms with Crippen molar-refractivity contribution in [2.45, 2.75) is 46.5 Å². The number of Topliss-reactive ketones (excluding diaryl/α,β-unsaturated/α-hetero) is 1. The van der Waals surface area contributed by atoms with E-state index in [1.165, 1.54) is 0 Å². The molecule has 0 saturated heterocycles. The Labute approximate surface area is 139 Å². The summed E-state index contributed by atoms with van der Waals surface area (Å²) >= 11 is 0. The molecular formula is C20H28O3. The third-order valence-corrected chi connectivity index (χ3v) is 4.26. The maximum absolute atomic E-state index is 12.6. The zero-order valence-corrected chi connectivity index (χ0v) is 14.5. The number of carbonyl (C=O) groups excluding carboxylic acids is 1. The fourth-order valence-corrected chi connectivity index (χ4v) is 3.10. The largest absolute Gasteiger partial charge is 0.497 e. The summed E-state index contributed by atoms with van der Waals surface area (Å²) < 4.78 is 5.89. The normalized spacial score (nSPS) is 18.1. The highest BCUT2D eigenvalue weighted by molar-refractivity contribution is 6.00. The average molecular weight is 316 g/mol. The predicted octanol–water partition coefficient (Wildman–Crippen LogP) is 3.69. The smallest absolute Gasteiger partial charge is 0.166 e. The van der Waals surface area contributed by atoms with E-state index in [1.54, 1.807) is 0 Å². The Kier molecular flexibility index (Phi) is 6.40. The molecule has 1 aromatic rings. The molecular weight excluding hydrogens is 288 g/mol. The molecule has 0 heterocycles. The zero-order chi connectivity index (χ0) is 16.8. The summed E-state index contributed by atoms with van der Waals surface area (Å²) in [5, 5.41) is 9.06. The summed E-state index contributed by atoms with van der Waals surface area (Å²) in [5.74, 6) is 1.61. The van der Waals surface area contributed by atoms with Gasteiger partial charge in [0.05, 0.1) is 6.61 Å². The van der Waals surface area contributed by atoms with Crippen molar-refractivity contribution in [3.63, 3.8) is 0 Å². The van der Waals surface area contributed by atoms with Crippen LogP contribution in [-0.2, 0) is 22.4 Å². The van der Waals surface area contributed by atoms with Crippen LogP contribution < -0.4 is 0 Å². The van der Waals surface area contributed by atoms with E-state index < -0.39 is 0 Å². The molecule has 23 heavy (non-hydrogen) atoms. The number of benzene rings is 1. The number of hydrogen-bond acceptors (Lipinski definition) is 3. The third-order valence-electron chi connectivity index (χ3n) is 4.26. The van der Waals surface area contributed by atoms with E-state index in [0.29, 0.717) is 18.9 Å². The van der Waals surface area contributed by atoms with Gasteiger partial charge < -0.3 is 9.84 Å². The van der Waals surface area contributed by atoms with Gasteiger partial charge in [0.1, 0.15) is 5.76 Å². The van der Waals surface area contributed by atoms with Crippen LogP contribution in [0, 0.1) is 11.8 Å². The Morgan fingerprint density at radius 2 is 2.04 bits per heavy atom. The zero-order valence-electron chi connectivity index (χ0n) is 14.5. The fraction of sp³-hybridized carbons (Fsp3) is 0.550. The van der Waals surface area contributed by atoms with Crippen molar-refractivity contribution in [3.05, 3.63) is 46.7 Å². The maximum Gasteiger partial charge on any atom is 0.166 e. The van der Waals surface area contributed by atoms with Gasteiger partial charge in [0.25, 0.3) is 0 Å². The van der Waals surface area contributed by atoms with Crippen molar-refractivity contribution in [3.8, 4) is 0 Å². The molecule has 3 nitrogen and oxygen atoms in total. The Hall–Kier alpha value is -1.61. The molecule has 1 N–H and O–H groups in total. The first-order valence-corrected chi connectivity index (χ1v) is 8.62. The first-order chi connectivity index (χ1) is 11.0. The molecule has 3 heteroatoms. The number of ether oxygens (including phenoxy) is 1. The van der Waals surface area contributed by atoms with Crippen molar-refractivity contribution in [2.75, 3.05) is 13.2 Å². The molecule has 2 rings (SSSR count). The van der Waals surface area contributed by atoms with E-state index in [-0.39, 0.29) is 18.3 Å². The van der Waals surface area contributed by atoms with Gasteiger partial charge in [-0.1, -0.05) is 45.0 Å². The van der Waals surface area contributed by atoms with Gasteiger partial charge in [-0.15, -0.1) is 0 Å². The summed E-state index contributed by atoms with van der Waals surface area (Å²) in [7, 11) is 0. The molecule has 0 bridgehead atoms. The van der Waals surface area contributed by atoms with E-state index in [4.69, 9.17) is 9.84 Å². The summed E-state index contributed by atoms with van der Waals surface area (Å²) in [4.78, 5) is 12.6. The number of allylic oxidation sites excluding steroid dienone is 2. The molecule has 0 fully saturated rings. The highest BCUT2D eigenvalue weighted by Crippen LogP contribution is 2.33. The van der Waals surface area contributed by atoms with Crippen LogP contribution >= 0.6 is 0 Å². The molecule has 1 unspecified atom stereocenters. The second-order valence-corrected chi connectivity index (χ2v) is 6.72. The lowest BCUT2D eigenvalue weighted by atomic mass is 9.93. The summed E-state index contributed by atoms with van der Waals surface area (Å²) in [6.45, 7) is 7.09. The van der Waals surface area contributed by atoms with Gasteiger partial charge in [0.2, 0.25) is 0 Å². The second-order valence-electron chi connectivity index (χ2n) is 6.72. The average Bonchev–Trinajstić information content (AvgIpc) is 2.81. The van der Waals surface area contributed by atoms with Crippen LogP contribution in [-0.4, -0.2) is 24.1 Å². The minimum Gasteiger partial charge on any atom is -0.497 e. The fourth-order valence-electron chi connectivity index (χ4n) is 3.10. The quantitative estimate of drug-likeness (QED) is 0.795. The van der Waals surface area contributed by atoms with Gasteiger partial charge in [0, 0.05) is 24.5 Å². The molecule has 0 amide bonds. The van der Waals surface area contributed by atoms with Gasteiger partial charge in [-0.25, -0.2) is 0 Å². The Morgan fingerprint density at radius 3 is 2.70 bits per heavy atom. The lowest BCUT2D eigenvalue weighted by Crippen LogP contribution is -2.13. The van der Waals surface area contributed by atoms with E-state index in [1.807, 2.05) is 19.1 Å². The van der Waals surface area contributed by atoms with Gasteiger partial charge in [0.15, 0.2) is 5.78 Å². The molecule has 1 aliphatic carbocycles. The number of aliphatic hydroxyl groups excluding tert-OH is 1. The topological polar surface area (TPSA) is 46.5 Å². The van der Waals surface area contributed by atoms with Crippen LogP contribution in [0.15, 0.2) is 35.6 Å². The number of hydrogen-bond donors (Lipinski definition) is 1. The van der Waals surface area contributed by atoms with Crippen molar-refractivity contribution in [1.29, 1.82) is 0 Å². The third kappa shape index (κ3) is 4.68. The summed E-state index contributed by atoms with van der Waals surface area (Å²) in [6.07, 6.45) is 2.87. The molecule has 1 atom stereocenters. The number of carbonyl (C=O) groups is 1. The van der Waals surface area contributed by atoms with Crippen LogP contribution in [0.4, 0.5) is 0 Å². The highest BCUT2D eigenvalue weighted by atomic mass is 16.5. The van der Waals surface area contributed by atoms with Crippen LogP contribution in [0.1, 0.15) is 44.7 Å². The van der Waals surface area contributed by atoms with Gasteiger partial charge in [-0.3, -0.25) is 4.79 Å².